The number of amides is 1. The molecule has 134 valence electrons. The molecule has 0 aliphatic carbocycles. The van der Waals surface area contributed by atoms with Crippen LogP contribution in [0, 0.1) is 23.0 Å². The Kier molecular flexibility index (Phi) is 7.12. The van der Waals surface area contributed by atoms with Gasteiger partial charge in [0.15, 0.2) is 6.61 Å². The number of carbonyl (C=O) groups is 2. The maximum absolute atomic E-state index is 13.5. The maximum atomic E-state index is 13.5. The van der Waals surface area contributed by atoms with Crippen molar-refractivity contribution in [3.63, 3.8) is 0 Å². The van der Waals surface area contributed by atoms with Crippen LogP contribution in [0.15, 0.2) is 53.4 Å². The molecule has 0 radical (unpaired) electrons. The van der Waals surface area contributed by atoms with Crippen molar-refractivity contribution in [2.45, 2.75) is 4.90 Å². The highest BCUT2D eigenvalue weighted by atomic mass is 32.2. The quantitative estimate of drug-likeness (QED) is 0.422. The molecule has 0 atom stereocenters. The number of hydrogen-bond donors (Lipinski definition) is 0. The van der Waals surface area contributed by atoms with Gasteiger partial charge in [0.05, 0.1) is 11.8 Å². The van der Waals surface area contributed by atoms with Crippen LogP contribution in [0.1, 0.15) is 0 Å². The van der Waals surface area contributed by atoms with Gasteiger partial charge in [-0.3, -0.25) is 14.5 Å². The van der Waals surface area contributed by atoms with Gasteiger partial charge >= 0.3 is 5.97 Å². The first-order chi connectivity index (χ1) is 12.5. The lowest BCUT2D eigenvalue weighted by atomic mass is 10.3. The molecular weight excluding hydrogens is 362 g/mol. The Bertz CT molecular complexity index is 825. The fourth-order valence-corrected chi connectivity index (χ4v) is 2.75. The van der Waals surface area contributed by atoms with Gasteiger partial charge in [0.2, 0.25) is 0 Å². The molecule has 2 aromatic rings. The van der Waals surface area contributed by atoms with Crippen molar-refractivity contribution in [1.82, 2.24) is 0 Å². The molecule has 0 unspecified atom stereocenters. The number of hydrogen-bond acceptors (Lipinski definition) is 5. The largest absolute Gasteiger partial charge is 0.455 e. The molecule has 0 aromatic heterocycles. The lowest BCUT2D eigenvalue weighted by Gasteiger charge is -2.19. The average Bonchev–Trinajstić information content (AvgIpc) is 2.65. The first-order valence-electron chi connectivity index (χ1n) is 7.47. The molecule has 0 N–H and O–H groups in total. The van der Waals surface area contributed by atoms with E-state index < -0.39 is 30.1 Å². The van der Waals surface area contributed by atoms with Crippen LogP contribution in [0.5, 0.6) is 0 Å². The lowest BCUT2D eigenvalue weighted by Crippen LogP contribution is -2.35. The molecule has 0 aliphatic heterocycles. The lowest BCUT2D eigenvalue weighted by molar-refractivity contribution is -0.145. The number of nitriles is 1. The summed E-state index contributed by atoms with van der Waals surface area (Å²) in [4.78, 5) is 25.1. The van der Waals surface area contributed by atoms with E-state index in [2.05, 4.69) is 0 Å². The SMILES string of the molecule is N#CCN(C(=O)COC(=O)CSc1cc(F)ccc1F)c1ccccc1. The molecule has 1 amide bonds. The monoisotopic (exact) mass is 376 g/mol. The fourth-order valence-electron chi connectivity index (χ4n) is 1.99. The van der Waals surface area contributed by atoms with E-state index in [1.807, 2.05) is 6.07 Å². The van der Waals surface area contributed by atoms with Crippen molar-refractivity contribution in [2.24, 2.45) is 0 Å². The summed E-state index contributed by atoms with van der Waals surface area (Å²) in [6, 6.07) is 13.3. The third kappa shape index (κ3) is 5.57. The van der Waals surface area contributed by atoms with Gasteiger partial charge in [-0.25, -0.2) is 8.78 Å². The number of benzene rings is 2. The standard InChI is InChI=1S/C18H14F2N2O3S/c19-13-6-7-15(20)16(10-13)26-12-18(24)25-11-17(23)22(9-8-21)14-4-2-1-3-5-14/h1-7,10H,9,11-12H2. The summed E-state index contributed by atoms with van der Waals surface area (Å²) < 4.78 is 31.4. The summed E-state index contributed by atoms with van der Waals surface area (Å²) in [7, 11) is 0. The van der Waals surface area contributed by atoms with Gasteiger partial charge in [-0.1, -0.05) is 18.2 Å². The smallest absolute Gasteiger partial charge is 0.316 e. The van der Waals surface area contributed by atoms with Crippen molar-refractivity contribution in [2.75, 3.05) is 23.8 Å². The molecule has 0 spiro atoms. The summed E-state index contributed by atoms with van der Waals surface area (Å²) >= 11 is 0.769. The number of rotatable bonds is 7. The first-order valence-corrected chi connectivity index (χ1v) is 8.45. The Morgan fingerprint density at radius 1 is 1.15 bits per heavy atom. The number of para-hydroxylation sites is 1. The van der Waals surface area contributed by atoms with E-state index in [0.29, 0.717) is 5.69 Å². The molecule has 2 aromatic carbocycles. The van der Waals surface area contributed by atoms with Crippen molar-refractivity contribution < 1.29 is 23.1 Å². The van der Waals surface area contributed by atoms with E-state index >= 15 is 0 Å². The molecular formula is C18H14F2N2O3S. The van der Waals surface area contributed by atoms with E-state index in [4.69, 9.17) is 10.00 Å². The van der Waals surface area contributed by atoms with Crippen LogP contribution in [0.3, 0.4) is 0 Å². The molecule has 5 nitrogen and oxygen atoms in total. The van der Waals surface area contributed by atoms with Crippen LogP contribution < -0.4 is 4.90 Å². The highest BCUT2D eigenvalue weighted by Crippen LogP contribution is 2.22. The Morgan fingerprint density at radius 2 is 1.88 bits per heavy atom. The van der Waals surface area contributed by atoms with Gasteiger partial charge in [-0.05, 0) is 30.3 Å². The van der Waals surface area contributed by atoms with E-state index in [1.54, 1.807) is 30.3 Å². The molecule has 0 saturated heterocycles. The summed E-state index contributed by atoms with van der Waals surface area (Å²) in [6.45, 7) is -0.745. The maximum Gasteiger partial charge on any atom is 0.316 e. The average molecular weight is 376 g/mol. The van der Waals surface area contributed by atoms with Gasteiger partial charge < -0.3 is 4.74 Å². The van der Waals surface area contributed by atoms with Gasteiger partial charge in [-0.2, -0.15) is 5.26 Å². The van der Waals surface area contributed by atoms with Crippen LogP contribution in [-0.4, -0.2) is 30.8 Å². The number of ether oxygens (including phenoxy) is 1. The third-order valence-corrected chi connectivity index (χ3v) is 4.20. The minimum absolute atomic E-state index is 0.0244. The second-order valence-corrected chi connectivity index (χ2v) is 6.01. The zero-order chi connectivity index (χ0) is 18.9. The van der Waals surface area contributed by atoms with Crippen molar-refractivity contribution >= 4 is 29.3 Å². The molecule has 0 saturated carbocycles. The number of esters is 1. The molecule has 8 heteroatoms. The predicted octanol–water partition coefficient (Wildman–Crippen LogP) is 3.16. The summed E-state index contributed by atoms with van der Waals surface area (Å²) in [5.41, 5.74) is 0.506. The zero-order valence-corrected chi connectivity index (χ0v) is 14.3. The number of carbonyl (C=O) groups excluding carboxylic acids is 2. The van der Waals surface area contributed by atoms with Crippen LogP contribution in [-0.2, 0) is 14.3 Å². The van der Waals surface area contributed by atoms with E-state index in [9.17, 15) is 18.4 Å². The number of halogens is 2. The van der Waals surface area contributed by atoms with Crippen molar-refractivity contribution in [1.29, 1.82) is 5.26 Å². The van der Waals surface area contributed by atoms with Crippen molar-refractivity contribution in [3.05, 3.63) is 60.2 Å². The summed E-state index contributed by atoms with van der Waals surface area (Å²) in [6.07, 6.45) is 0. The Hall–Kier alpha value is -2.92. The Labute approximate surface area is 153 Å². The van der Waals surface area contributed by atoms with Gasteiger partial charge in [0.25, 0.3) is 5.91 Å². The fraction of sp³-hybridized carbons (Fsp3) is 0.167. The predicted molar refractivity (Wildman–Crippen MR) is 92.4 cm³/mol. The second kappa shape index (κ2) is 9.53. The summed E-state index contributed by atoms with van der Waals surface area (Å²) in [5.74, 6) is -2.86. The topological polar surface area (TPSA) is 70.4 Å². The van der Waals surface area contributed by atoms with Gasteiger partial charge in [0.1, 0.15) is 18.2 Å². The highest BCUT2D eigenvalue weighted by Gasteiger charge is 2.17. The molecule has 26 heavy (non-hydrogen) atoms. The van der Waals surface area contributed by atoms with E-state index in [0.717, 1.165) is 30.0 Å². The Balaban J connectivity index is 1.88. The van der Waals surface area contributed by atoms with Crippen LogP contribution >= 0.6 is 11.8 Å². The normalized spacial score (nSPS) is 10.0. The highest BCUT2D eigenvalue weighted by molar-refractivity contribution is 8.00. The summed E-state index contributed by atoms with van der Waals surface area (Å²) in [5, 5.41) is 8.86. The minimum Gasteiger partial charge on any atom is -0.455 e. The Morgan fingerprint density at radius 3 is 2.58 bits per heavy atom. The van der Waals surface area contributed by atoms with Gasteiger partial charge in [-0.15, -0.1) is 11.8 Å². The van der Waals surface area contributed by atoms with Crippen LogP contribution in [0.2, 0.25) is 0 Å². The van der Waals surface area contributed by atoms with E-state index in [-0.39, 0.29) is 17.2 Å². The molecule has 0 heterocycles. The molecule has 2 rings (SSSR count). The van der Waals surface area contributed by atoms with Crippen molar-refractivity contribution in [3.8, 4) is 6.07 Å². The minimum atomic E-state index is -0.753. The third-order valence-electron chi connectivity index (χ3n) is 3.19. The van der Waals surface area contributed by atoms with Gasteiger partial charge in [0, 0.05) is 10.6 Å². The second-order valence-electron chi connectivity index (χ2n) is 5.00. The number of nitrogens with zero attached hydrogens (tertiary/aromatic N) is 2. The molecule has 0 bridgehead atoms. The molecule has 0 aliphatic rings. The van der Waals surface area contributed by atoms with Crippen LogP contribution in [0.4, 0.5) is 14.5 Å². The zero-order valence-electron chi connectivity index (χ0n) is 13.5. The number of thioether (sulfide) groups is 1. The molecule has 0 fully saturated rings. The van der Waals surface area contributed by atoms with Crippen LogP contribution in [0.25, 0.3) is 0 Å². The first kappa shape index (κ1) is 19.4. The number of anilines is 1. The van der Waals surface area contributed by atoms with E-state index in [1.165, 1.54) is 4.90 Å².